The SMILES string of the molecule is O=C(O)C1Cc2ccccc2N1C(=O)CC1CCCC1. The number of hydrogen-bond donors (Lipinski definition) is 1. The maximum Gasteiger partial charge on any atom is 0.327 e. The number of benzene rings is 1. The molecular weight excluding hydrogens is 254 g/mol. The number of carbonyl (C=O) groups excluding carboxylic acids is 1. The molecule has 1 N–H and O–H groups in total. The Balaban J connectivity index is 1.84. The summed E-state index contributed by atoms with van der Waals surface area (Å²) in [6, 6.07) is 6.78. The molecule has 0 spiro atoms. The summed E-state index contributed by atoms with van der Waals surface area (Å²) in [4.78, 5) is 25.5. The van der Waals surface area contributed by atoms with E-state index in [0.29, 0.717) is 18.8 Å². The highest BCUT2D eigenvalue weighted by atomic mass is 16.4. The predicted octanol–water partition coefficient (Wildman–Crippen LogP) is 2.61. The van der Waals surface area contributed by atoms with Crippen molar-refractivity contribution in [3.8, 4) is 0 Å². The first kappa shape index (κ1) is 13.2. The van der Waals surface area contributed by atoms with Gasteiger partial charge in [-0.15, -0.1) is 0 Å². The Labute approximate surface area is 118 Å². The molecule has 0 aromatic heterocycles. The van der Waals surface area contributed by atoms with Crippen LogP contribution in [0.25, 0.3) is 0 Å². The molecule has 1 aliphatic heterocycles. The summed E-state index contributed by atoms with van der Waals surface area (Å²) in [6.45, 7) is 0. The van der Waals surface area contributed by atoms with Crippen LogP contribution < -0.4 is 4.90 Å². The second kappa shape index (κ2) is 5.27. The average molecular weight is 273 g/mol. The third-order valence-corrected chi connectivity index (χ3v) is 4.47. The molecule has 0 saturated heterocycles. The van der Waals surface area contributed by atoms with Crippen LogP contribution >= 0.6 is 0 Å². The van der Waals surface area contributed by atoms with Gasteiger partial charge in [0.2, 0.25) is 5.91 Å². The highest BCUT2D eigenvalue weighted by Crippen LogP contribution is 2.35. The number of amides is 1. The number of carboxylic acid groups (broad SMARTS) is 1. The van der Waals surface area contributed by atoms with Crippen molar-refractivity contribution in [1.29, 1.82) is 0 Å². The van der Waals surface area contributed by atoms with Crippen molar-refractivity contribution >= 4 is 17.6 Å². The predicted molar refractivity (Wildman–Crippen MR) is 75.6 cm³/mol. The fraction of sp³-hybridized carbons (Fsp3) is 0.500. The van der Waals surface area contributed by atoms with Gasteiger partial charge in [0.15, 0.2) is 0 Å². The summed E-state index contributed by atoms with van der Waals surface area (Å²) < 4.78 is 0. The summed E-state index contributed by atoms with van der Waals surface area (Å²) in [5.41, 5.74) is 1.74. The third-order valence-electron chi connectivity index (χ3n) is 4.47. The Morgan fingerprint density at radius 1 is 1.20 bits per heavy atom. The lowest BCUT2D eigenvalue weighted by atomic mass is 10.0. The fourth-order valence-corrected chi connectivity index (χ4v) is 3.45. The van der Waals surface area contributed by atoms with Gasteiger partial charge in [-0.3, -0.25) is 9.69 Å². The first-order valence-electron chi connectivity index (χ1n) is 7.29. The Morgan fingerprint density at radius 3 is 2.60 bits per heavy atom. The summed E-state index contributed by atoms with van der Waals surface area (Å²) >= 11 is 0. The molecule has 0 bridgehead atoms. The van der Waals surface area contributed by atoms with Crippen molar-refractivity contribution < 1.29 is 14.7 Å². The van der Waals surface area contributed by atoms with Crippen molar-refractivity contribution in [1.82, 2.24) is 0 Å². The number of aliphatic carboxylic acids is 1. The summed E-state index contributed by atoms with van der Waals surface area (Å²) in [5.74, 6) is -0.514. The zero-order chi connectivity index (χ0) is 14.1. The van der Waals surface area contributed by atoms with Crippen LogP contribution in [0.3, 0.4) is 0 Å². The van der Waals surface area contributed by atoms with Crippen LogP contribution in [0.5, 0.6) is 0 Å². The van der Waals surface area contributed by atoms with E-state index in [1.807, 2.05) is 24.3 Å². The summed E-state index contributed by atoms with van der Waals surface area (Å²) in [5, 5.41) is 9.37. The highest BCUT2D eigenvalue weighted by molar-refractivity contribution is 6.01. The van der Waals surface area contributed by atoms with Crippen LogP contribution in [0.1, 0.15) is 37.7 Å². The van der Waals surface area contributed by atoms with Gasteiger partial charge >= 0.3 is 5.97 Å². The minimum absolute atomic E-state index is 0.0331. The van der Waals surface area contributed by atoms with E-state index in [1.54, 1.807) is 0 Å². The number of rotatable bonds is 3. The number of carboxylic acids is 1. The molecule has 106 valence electrons. The van der Waals surface area contributed by atoms with Crippen LogP contribution in [-0.2, 0) is 16.0 Å². The zero-order valence-corrected chi connectivity index (χ0v) is 11.4. The highest BCUT2D eigenvalue weighted by Gasteiger charge is 2.38. The second-order valence-corrected chi connectivity index (χ2v) is 5.81. The molecule has 1 saturated carbocycles. The minimum Gasteiger partial charge on any atom is -0.480 e. The molecule has 3 rings (SSSR count). The molecule has 1 aliphatic carbocycles. The number of hydrogen-bond acceptors (Lipinski definition) is 2. The van der Waals surface area contributed by atoms with Gasteiger partial charge in [-0.2, -0.15) is 0 Å². The van der Waals surface area contributed by atoms with Crippen molar-refractivity contribution in [2.75, 3.05) is 4.90 Å². The number of para-hydroxylation sites is 1. The molecule has 1 unspecified atom stereocenters. The normalized spacial score (nSPS) is 22.0. The molecule has 4 nitrogen and oxygen atoms in total. The van der Waals surface area contributed by atoms with Gasteiger partial charge in [0, 0.05) is 18.5 Å². The summed E-state index contributed by atoms with van der Waals surface area (Å²) in [6.07, 6.45) is 5.48. The standard InChI is InChI=1S/C16H19NO3/c18-15(9-11-5-1-2-6-11)17-13-8-4-3-7-12(13)10-14(17)16(19)20/h3-4,7-8,11,14H,1-2,5-6,9-10H2,(H,19,20). The second-order valence-electron chi connectivity index (χ2n) is 5.81. The molecule has 1 amide bonds. The Hall–Kier alpha value is -1.84. The van der Waals surface area contributed by atoms with Crippen molar-refractivity contribution in [2.24, 2.45) is 5.92 Å². The molecule has 20 heavy (non-hydrogen) atoms. The number of fused-ring (bicyclic) bond motifs is 1. The van der Waals surface area contributed by atoms with E-state index < -0.39 is 12.0 Å². The Morgan fingerprint density at radius 2 is 1.90 bits per heavy atom. The van der Waals surface area contributed by atoms with Crippen LogP contribution in [0.2, 0.25) is 0 Å². The monoisotopic (exact) mass is 273 g/mol. The Kier molecular flexibility index (Phi) is 3.47. The third kappa shape index (κ3) is 2.30. The van der Waals surface area contributed by atoms with E-state index in [9.17, 15) is 14.7 Å². The molecular formula is C16H19NO3. The Bertz CT molecular complexity index is 534. The number of nitrogens with zero attached hydrogens (tertiary/aromatic N) is 1. The lowest BCUT2D eigenvalue weighted by molar-refractivity contribution is -0.140. The fourth-order valence-electron chi connectivity index (χ4n) is 3.45. The number of anilines is 1. The average Bonchev–Trinajstić information content (AvgIpc) is 3.04. The minimum atomic E-state index is -0.916. The van der Waals surface area contributed by atoms with Crippen LogP contribution in [0.4, 0.5) is 5.69 Å². The summed E-state index contributed by atoms with van der Waals surface area (Å²) in [7, 11) is 0. The van der Waals surface area contributed by atoms with Gasteiger partial charge in [-0.05, 0) is 30.4 Å². The van der Waals surface area contributed by atoms with Crippen molar-refractivity contribution in [3.05, 3.63) is 29.8 Å². The molecule has 1 heterocycles. The van der Waals surface area contributed by atoms with Gasteiger partial charge in [0.25, 0.3) is 0 Å². The first-order chi connectivity index (χ1) is 9.66. The molecule has 1 fully saturated rings. The van der Waals surface area contributed by atoms with E-state index in [0.717, 1.165) is 24.1 Å². The van der Waals surface area contributed by atoms with Gasteiger partial charge in [0.1, 0.15) is 6.04 Å². The maximum atomic E-state index is 12.5. The molecule has 1 atom stereocenters. The van der Waals surface area contributed by atoms with E-state index in [2.05, 4.69) is 0 Å². The van der Waals surface area contributed by atoms with Crippen LogP contribution in [0.15, 0.2) is 24.3 Å². The van der Waals surface area contributed by atoms with E-state index >= 15 is 0 Å². The van der Waals surface area contributed by atoms with Gasteiger partial charge in [-0.25, -0.2) is 4.79 Å². The van der Waals surface area contributed by atoms with Gasteiger partial charge < -0.3 is 5.11 Å². The maximum absolute atomic E-state index is 12.5. The number of carbonyl (C=O) groups is 2. The smallest absolute Gasteiger partial charge is 0.327 e. The van der Waals surface area contributed by atoms with E-state index in [1.165, 1.54) is 17.7 Å². The lowest BCUT2D eigenvalue weighted by Gasteiger charge is -2.24. The first-order valence-corrected chi connectivity index (χ1v) is 7.29. The van der Waals surface area contributed by atoms with Gasteiger partial charge in [-0.1, -0.05) is 31.0 Å². The van der Waals surface area contributed by atoms with Gasteiger partial charge in [0.05, 0.1) is 0 Å². The largest absolute Gasteiger partial charge is 0.480 e. The molecule has 0 radical (unpaired) electrons. The lowest BCUT2D eigenvalue weighted by Crippen LogP contribution is -2.43. The molecule has 4 heteroatoms. The molecule has 2 aliphatic rings. The van der Waals surface area contributed by atoms with Crippen molar-refractivity contribution in [2.45, 2.75) is 44.6 Å². The van der Waals surface area contributed by atoms with Crippen molar-refractivity contribution in [3.63, 3.8) is 0 Å². The molecule has 1 aromatic rings. The zero-order valence-electron chi connectivity index (χ0n) is 11.4. The quantitative estimate of drug-likeness (QED) is 0.921. The van der Waals surface area contributed by atoms with Crippen LogP contribution in [-0.4, -0.2) is 23.0 Å². The van der Waals surface area contributed by atoms with E-state index in [4.69, 9.17) is 0 Å². The topological polar surface area (TPSA) is 57.6 Å². The van der Waals surface area contributed by atoms with E-state index in [-0.39, 0.29) is 5.91 Å². The van der Waals surface area contributed by atoms with Crippen LogP contribution in [0, 0.1) is 5.92 Å². The molecule has 1 aromatic carbocycles.